The maximum absolute atomic E-state index is 12.3. The van der Waals surface area contributed by atoms with Gasteiger partial charge < -0.3 is 25.0 Å². The summed E-state index contributed by atoms with van der Waals surface area (Å²) in [6, 6.07) is 34.8. The van der Waals surface area contributed by atoms with Crippen molar-refractivity contribution in [1.29, 1.82) is 0 Å². The van der Waals surface area contributed by atoms with Crippen LogP contribution in [0.3, 0.4) is 0 Å². The number of carbonyl (C=O) groups is 2. The smallest absolute Gasteiger partial charge is 0.303 e. The molecule has 3 atom stereocenters. The molecule has 0 unspecified atom stereocenters. The van der Waals surface area contributed by atoms with E-state index in [9.17, 15) is 14.7 Å². The normalized spacial score (nSPS) is 20.0. The van der Waals surface area contributed by atoms with Crippen molar-refractivity contribution in [3.8, 4) is 11.1 Å². The Balaban J connectivity index is 1.12. The molecule has 0 radical (unpaired) electrons. The summed E-state index contributed by atoms with van der Waals surface area (Å²) in [5.74, 6) is -1.06. The first-order valence-electron chi connectivity index (χ1n) is 17.6. The Hall–Kier alpha value is -4.38. The monoisotopic (exact) mass is 677 g/mol. The molecule has 2 fully saturated rings. The van der Waals surface area contributed by atoms with Crippen molar-refractivity contribution >= 4 is 11.9 Å². The van der Waals surface area contributed by atoms with E-state index in [0.717, 1.165) is 79.1 Å². The van der Waals surface area contributed by atoms with Crippen molar-refractivity contribution < 1.29 is 29.3 Å². The van der Waals surface area contributed by atoms with E-state index < -0.39 is 12.3 Å². The summed E-state index contributed by atoms with van der Waals surface area (Å²) in [5, 5.41) is 21.4. The SMILES string of the molecule is O=C(O)CCCC(=O)NCc1ccccc1-c1ccc([C@H]2O[C@@H](CN3CCN(Cc4ccccc4)CC3)C[C@@H](c3ccc(CO)cc3)O2)cc1. The fourth-order valence-electron chi connectivity index (χ4n) is 6.75. The predicted molar refractivity (Wildman–Crippen MR) is 192 cm³/mol. The largest absolute Gasteiger partial charge is 0.481 e. The Morgan fingerprint density at radius 2 is 1.42 bits per heavy atom. The number of ether oxygens (including phenoxy) is 2. The molecule has 4 aromatic rings. The van der Waals surface area contributed by atoms with Crippen LogP contribution >= 0.6 is 0 Å². The number of piperazine rings is 1. The lowest BCUT2D eigenvalue weighted by Gasteiger charge is -2.40. The summed E-state index contributed by atoms with van der Waals surface area (Å²) in [5.41, 5.74) is 7.24. The summed E-state index contributed by atoms with van der Waals surface area (Å²) >= 11 is 0. The molecule has 0 aliphatic carbocycles. The number of carboxylic acids is 1. The first kappa shape index (κ1) is 35.4. The molecule has 0 bridgehead atoms. The number of rotatable bonds is 14. The zero-order valence-corrected chi connectivity index (χ0v) is 28.5. The minimum Gasteiger partial charge on any atom is -0.481 e. The number of amides is 1. The van der Waals surface area contributed by atoms with Crippen LogP contribution in [0.25, 0.3) is 11.1 Å². The highest BCUT2D eigenvalue weighted by molar-refractivity contribution is 5.77. The second-order valence-electron chi connectivity index (χ2n) is 13.2. The molecule has 6 rings (SSSR count). The van der Waals surface area contributed by atoms with Crippen LogP contribution < -0.4 is 5.32 Å². The average molecular weight is 678 g/mol. The number of aliphatic hydroxyl groups excluding tert-OH is 1. The second kappa shape index (κ2) is 17.5. The summed E-state index contributed by atoms with van der Waals surface area (Å²) in [7, 11) is 0. The summed E-state index contributed by atoms with van der Waals surface area (Å²) in [6.45, 7) is 6.19. The Labute approximate surface area is 294 Å². The lowest BCUT2D eigenvalue weighted by atomic mass is 9.97. The van der Waals surface area contributed by atoms with Gasteiger partial charge in [-0.05, 0) is 39.8 Å². The van der Waals surface area contributed by atoms with Crippen molar-refractivity contribution in [3.05, 3.63) is 131 Å². The van der Waals surface area contributed by atoms with Gasteiger partial charge in [0.2, 0.25) is 5.91 Å². The molecule has 0 aromatic heterocycles. The van der Waals surface area contributed by atoms with Crippen LogP contribution in [0, 0.1) is 0 Å². The maximum atomic E-state index is 12.3. The third kappa shape index (κ3) is 9.87. The molecule has 4 aromatic carbocycles. The molecule has 2 saturated heterocycles. The molecule has 0 saturated carbocycles. The van der Waals surface area contributed by atoms with Crippen LogP contribution in [-0.4, -0.2) is 70.7 Å². The number of hydrogen-bond donors (Lipinski definition) is 3. The van der Waals surface area contributed by atoms with Gasteiger partial charge in [-0.15, -0.1) is 0 Å². The highest BCUT2D eigenvalue weighted by Gasteiger charge is 2.34. The van der Waals surface area contributed by atoms with Gasteiger partial charge in [0, 0.05) is 70.6 Å². The van der Waals surface area contributed by atoms with Crippen molar-refractivity contribution in [1.82, 2.24) is 15.1 Å². The minimum absolute atomic E-state index is 0.00501. The van der Waals surface area contributed by atoms with Gasteiger partial charge in [-0.3, -0.25) is 19.4 Å². The molecule has 2 aliphatic heterocycles. The maximum Gasteiger partial charge on any atom is 0.303 e. The molecule has 262 valence electrons. The molecule has 9 nitrogen and oxygen atoms in total. The van der Waals surface area contributed by atoms with Crippen LogP contribution in [0.1, 0.15) is 65.9 Å². The molecule has 50 heavy (non-hydrogen) atoms. The predicted octanol–water partition coefficient (Wildman–Crippen LogP) is 6.08. The van der Waals surface area contributed by atoms with Crippen LogP contribution in [0.5, 0.6) is 0 Å². The lowest BCUT2D eigenvalue weighted by molar-refractivity contribution is -0.253. The number of nitrogens with one attached hydrogen (secondary N) is 1. The van der Waals surface area contributed by atoms with E-state index in [2.05, 4.69) is 69.7 Å². The highest BCUT2D eigenvalue weighted by Crippen LogP contribution is 2.39. The Morgan fingerprint density at radius 1 is 0.740 bits per heavy atom. The third-order valence-electron chi connectivity index (χ3n) is 9.57. The van der Waals surface area contributed by atoms with Gasteiger partial charge in [0.1, 0.15) is 0 Å². The molecule has 2 heterocycles. The van der Waals surface area contributed by atoms with Crippen LogP contribution in [0.15, 0.2) is 103 Å². The van der Waals surface area contributed by atoms with E-state index in [4.69, 9.17) is 14.6 Å². The third-order valence-corrected chi connectivity index (χ3v) is 9.57. The second-order valence-corrected chi connectivity index (χ2v) is 13.2. The standard InChI is InChI=1S/C41H47N3O6/c45-29-31-13-15-33(16-14-31)38-25-36(28-44-23-21-43(22-24-44)27-30-7-2-1-3-8-30)49-41(50-38)34-19-17-32(18-20-34)37-10-5-4-9-35(37)26-42-39(46)11-6-12-40(47)48/h1-5,7-10,13-20,36,38,41,45H,6,11-12,21-29H2,(H,42,46)(H,47,48)/t36-,38+,41+/m1/s1. The van der Waals surface area contributed by atoms with Gasteiger partial charge in [0.05, 0.1) is 18.8 Å². The van der Waals surface area contributed by atoms with E-state index in [1.165, 1.54) is 5.56 Å². The first-order chi connectivity index (χ1) is 24.4. The van der Waals surface area contributed by atoms with Gasteiger partial charge in [-0.2, -0.15) is 0 Å². The Bertz CT molecular complexity index is 1670. The minimum atomic E-state index is -0.897. The van der Waals surface area contributed by atoms with Gasteiger partial charge in [0.15, 0.2) is 6.29 Å². The van der Waals surface area contributed by atoms with Crippen molar-refractivity contribution in [2.24, 2.45) is 0 Å². The molecule has 3 N–H and O–H groups in total. The van der Waals surface area contributed by atoms with E-state index in [1.54, 1.807) is 0 Å². The summed E-state index contributed by atoms with van der Waals surface area (Å²) in [6.07, 6.45) is 0.521. The Kier molecular flexibility index (Phi) is 12.4. The molecule has 0 spiro atoms. The average Bonchev–Trinajstić information content (AvgIpc) is 3.15. The number of aliphatic carboxylic acids is 1. The van der Waals surface area contributed by atoms with Gasteiger partial charge in [0.25, 0.3) is 0 Å². The Morgan fingerprint density at radius 3 is 2.14 bits per heavy atom. The van der Waals surface area contributed by atoms with Crippen molar-refractivity contribution in [2.45, 2.75) is 63.9 Å². The lowest BCUT2D eigenvalue weighted by Crippen LogP contribution is -2.49. The first-order valence-corrected chi connectivity index (χ1v) is 17.6. The van der Waals surface area contributed by atoms with E-state index in [0.29, 0.717) is 13.0 Å². The zero-order chi connectivity index (χ0) is 34.7. The number of carboxylic acid groups (broad SMARTS) is 1. The van der Waals surface area contributed by atoms with Gasteiger partial charge in [-0.25, -0.2) is 0 Å². The highest BCUT2D eigenvalue weighted by atomic mass is 16.7. The van der Waals surface area contributed by atoms with Gasteiger partial charge >= 0.3 is 5.97 Å². The van der Waals surface area contributed by atoms with Crippen LogP contribution in [0.4, 0.5) is 0 Å². The number of hydrogen-bond acceptors (Lipinski definition) is 7. The topological polar surface area (TPSA) is 112 Å². The zero-order valence-electron chi connectivity index (χ0n) is 28.5. The number of nitrogens with zero attached hydrogens (tertiary/aromatic N) is 2. The summed E-state index contributed by atoms with van der Waals surface area (Å²) < 4.78 is 13.3. The van der Waals surface area contributed by atoms with E-state index in [-0.39, 0.29) is 37.6 Å². The van der Waals surface area contributed by atoms with E-state index >= 15 is 0 Å². The van der Waals surface area contributed by atoms with Gasteiger partial charge in [-0.1, -0.05) is 103 Å². The van der Waals surface area contributed by atoms with Crippen LogP contribution in [0.2, 0.25) is 0 Å². The fraction of sp³-hybridized carbons (Fsp3) is 0.366. The molecule has 1 amide bonds. The number of benzene rings is 4. The fourth-order valence-corrected chi connectivity index (χ4v) is 6.75. The molecule has 9 heteroatoms. The number of carbonyl (C=O) groups excluding carboxylic acids is 1. The molecule has 2 aliphatic rings. The van der Waals surface area contributed by atoms with Crippen molar-refractivity contribution in [2.75, 3.05) is 32.7 Å². The quantitative estimate of drug-likeness (QED) is 0.147. The molecular formula is C41H47N3O6. The molecular weight excluding hydrogens is 630 g/mol. The van der Waals surface area contributed by atoms with Crippen LogP contribution in [-0.2, 0) is 38.8 Å². The van der Waals surface area contributed by atoms with Crippen molar-refractivity contribution in [3.63, 3.8) is 0 Å². The summed E-state index contributed by atoms with van der Waals surface area (Å²) in [4.78, 5) is 28.1. The number of aliphatic hydroxyl groups is 1. The van der Waals surface area contributed by atoms with E-state index in [1.807, 2.05) is 48.5 Å².